The Hall–Kier alpha value is -2.65. The fourth-order valence-electron chi connectivity index (χ4n) is 4.59. The molecule has 4 rings (SSSR count). The lowest BCUT2D eigenvalue weighted by Gasteiger charge is -2.30. The number of fused-ring (bicyclic) bond motifs is 1. The average Bonchev–Trinajstić information content (AvgIpc) is 2.86. The molecule has 1 aliphatic heterocycles. The number of benzene rings is 1. The number of unbranched alkanes of at least 4 members (excludes halogenated alkanes) is 1. The first-order valence-electron chi connectivity index (χ1n) is 12.2. The zero-order chi connectivity index (χ0) is 24.1. The van der Waals surface area contributed by atoms with E-state index in [1.54, 1.807) is 30.1 Å². The summed E-state index contributed by atoms with van der Waals surface area (Å²) in [5.74, 6) is 0.455. The molecule has 184 valence electrons. The molecule has 1 aromatic heterocycles. The molecule has 1 aromatic carbocycles. The van der Waals surface area contributed by atoms with Crippen molar-refractivity contribution in [2.75, 3.05) is 49.4 Å². The van der Waals surface area contributed by atoms with Crippen molar-refractivity contribution in [3.05, 3.63) is 47.2 Å². The molecule has 1 amide bonds. The van der Waals surface area contributed by atoms with Gasteiger partial charge in [-0.2, -0.15) is 0 Å². The van der Waals surface area contributed by atoms with Crippen molar-refractivity contribution in [1.29, 1.82) is 0 Å². The molecular weight excluding hydrogens is 450 g/mol. The highest BCUT2D eigenvalue weighted by Crippen LogP contribution is 2.27. The van der Waals surface area contributed by atoms with Crippen LogP contribution in [0.3, 0.4) is 0 Å². The van der Waals surface area contributed by atoms with Gasteiger partial charge in [0.25, 0.3) is 15.9 Å². The van der Waals surface area contributed by atoms with Crippen molar-refractivity contribution in [3.63, 3.8) is 0 Å². The van der Waals surface area contributed by atoms with Gasteiger partial charge in [-0.15, -0.1) is 0 Å². The van der Waals surface area contributed by atoms with Crippen molar-refractivity contribution in [2.24, 2.45) is 0 Å². The number of aromatic nitrogens is 1. The van der Waals surface area contributed by atoms with Crippen LogP contribution in [0.4, 0.5) is 11.5 Å². The minimum absolute atomic E-state index is 0.149. The van der Waals surface area contributed by atoms with Gasteiger partial charge in [-0.1, -0.05) is 19.4 Å². The van der Waals surface area contributed by atoms with Gasteiger partial charge >= 0.3 is 0 Å². The summed E-state index contributed by atoms with van der Waals surface area (Å²) in [5.41, 5.74) is 3.06. The maximum atomic E-state index is 13.3. The van der Waals surface area contributed by atoms with E-state index >= 15 is 0 Å². The molecule has 0 unspecified atom stereocenters. The Morgan fingerprint density at radius 2 is 1.88 bits per heavy atom. The van der Waals surface area contributed by atoms with E-state index in [1.165, 1.54) is 11.8 Å². The second-order valence-corrected chi connectivity index (χ2v) is 10.8. The van der Waals surface area contributed by atoms with Gasteiger partial charge in [-0.25, -0.2) is 13.4 Å². The zero-order valence-electron chi connectivity index (χ0n) is 20.1. The highest BCUT2D eigenvalue weighted by Gasteiger charge is 2.24. The van der Waals surface area contributed by atoms with Crippen molar-refractivity contribution in [1.82, 2.24) is 15.2 Å². The van der Waals surface area contributed by atoms with E-state index < -0.39 is 10.0 Å². The van der Waals surface area contributed by atoms with Crippen LogP contribution in [0.25, 0.3) is 0 Å². The smallest absolute Gasteiger partial charge is 0.261 e. The molecule has 2 aromatic rings. The number of carbonyl (C=O) groups excluding carboxylic acids is 1. The summed E-state index contributed by atoms with van der Waals surface area (Å²) in [6.45, 7) is 5.84. The second kappa shape index (κ2) is 10.7. The third kappa shape index (κ3) is 5.52. The standard InChI is InChI=1S/C25H35N5O3S/c1-3-4-13-29(2)25(31)23-17-21(18-27-24(23)30-14-11-26-12-15-30)28-34(32,33)22-10-9-19-7-5-6-8-20(19)16-22/h9-10,16-18,26,28H,3-8,11-15H2,1-2H3. The summed E-state index contributed by atoms with van der Waals surface area (Å²) in [6.07, 6.45) is 7.53. The Morgan fingerprint density at radius 3 is 2.62 bits per heavy atom. The highest BCUT2D eigenvalue weighted by atomic mass is 32.2. The molecule has 0 atom stereocenters. The number of amides is 1. The number of piperazine rings is 1. The van der Waals surface area contributed by atoms with Crippen LogP contribution in [0, 0.1) is 0 Å². The lowest BCUT2D eigenvalue weighted by molar-refractivity contribution is 0.0793. The van der Waals surface area contributed by atoms with Crippen LogP contribution in [-0.4, -0.2) is 64.0 Å². The van der Waals surface area contributed by atoms with E-state index in [0.717, 1.165) is 70.3 Å². The van der Waals surface area contributed by atoms with Crippen LogP contribution in [0.1, 0.15) is 54.1 Å². The first-order valence-corrected chi connectivity index (χ1v) is 13.7. The molecule has 1 saturated heterocycles. The number of carbonyl (C=O) groups is 1. The van der Waals surface area contributed by atoms with Gasteiger partial charge in [-0.05, 0) is 61.4 Å². The van der Waals surface area contributed by atoms with Gasteiger partial charge in [0.05, 0.1) is 22.3 Å². The number of anilines is 2. The van der Waals surface area contributed by atoms with Gasteiger partial charge in [0.1, 0.15) is 5.82 Å². The Morgan fingerprint density at radius 1 is 1.15 bits per heavy atom. The number of pyridine rings is 1. The number of nitrogens with zero attached hydrogens (tertiary/aromatic N) is 3. The third-order valence-corrected chi connectivity index (χ3v) is 7.97. The van der Waals surface area contributed by atoms with E-state index in [0.29, 0.717) is 23.6 Å². The van der Waals surface area contributed by atoms with Crippen molar-refractivity contribution >= 4 is 27.4 Å². The Balaban J connectivity index is 1.63. The summed E-state index contributed by atoms with van der Waals surface area (Å²) < 4.78 is 29.0. The van der Waals surface area contributed by atoms with Gasteiger partial charge in [0.2, 0.25) is 0 Å². The molecule has 0 spiro atoms. The van der Waals surface area contributed by atoms with E-state index in [-0.39, 0.29) is 10.8 Å². The van der Waals surface area contributed by atoms with Crippen LogP contribution < -0.4 is 14.9 Å². The molecule has 34 heavy (non-hydrogen) atoms. The van der Waals surface area contributed by atoms with Gasteiger partial charge < -0.3 is 15.1 Å². The summed E-state index contributed by atoms with van der Waals surface area (Å²) in [4.78, 5) is 21.9. The predicted octanol–water partition coefficient (Wildman–Crippen LogP) is 3.04. The number of nitrogens with one attached hydrogen (secondary N) is 2. The molecule has 0 radical (unpaired) electrons. The topological polar surface area (TPSA) is 94.6 Å². The van der Waals surface area contributed by atoms with E-state index in [1.807, 2.05) is 6.07 Å². The Bertz CT molecular complexity index is 1130. The molecule has 1 fully saturated rings. The van der Waals surface area contributed by atoms with Crippen LogP contribution >= 0.6 is 0 Å². The average molecular weight is 486 g/mol. The minimum atomic E-state index is -3.80. The number of sulfonamides is 1. The van der Waals surface area contributed by atoms with Crippen LogP contribution in [-0.2, 0) is 22.9 Å². The third-order valence-electron chi connectivity index (χ3n) is 6.59. The van der Waals surface area contributed by atoms with Crippen LogP contribution in [0.15, 0.2) is 35.4 Å². The van der Waals surface area contributed by atoms with Crippen LogP contribution in [0.5, 0.6) is 0 Å². The van der Waals surface area contributed by atoms with Gasteiger partial charge in [-0.3, -0.25) is 9.52 Å². The number of hydrogen-bond acceptors (Lipinski definition) is 6. The molecule has 1 aliphatic carbocycles. The quantitative estimate of drug-likeness (QED) is 0.597. The summed E-state index contributed by atoms with van der Waals surface area (Å²) >= 11 is 0. The largest absolute Gasteiger partial charge is 0.353 e. The maximum absolute atomic E-state index is 13.3. The second-order valence-electron chi connectivity index (χ2n) is 9.16. The lowest BCUT2D eigenvalue weighted by Crippen LogP contribution is -2.45. The maximum Gasteiger partial charge on any atom is 0.261 e. The Kier molecular flexibility index (Phi) is 7.73. The van der Waals surface area contributed by atoms with Gasteiger partial charge in [0.15, 0.2) is 0 Å². The summed E-state index contributed by atoms with van der Waals surface area (Å²) in [5, 5.41) is 3.31. The number of hydrogen-bond donors (Lipinski definition) is 2. The molecule has 9 heteroatoms. The Labute approximate surface area is 202 Å². The first kappa shape index (κ1) is 24.5. The van der Waals surface area contributed by atoms with Gasteiger partial charge in [0, 0.05) is 39.8 Å². The lowest BCUT2D eigenvalue weighted by atomic mass is 9.92. The molecule has 2 N–H and O–H groups in total. The fraction of sp³-hybridized carbons (Fsp3) is 0.520. The first-order chi connectivity index (χ1) is 16.4. The van der Waals surface area contributed by atoms with Crippen molar-refractivity contribution in [3.8, 4) is 0 Å². The normalized spacial score (nSPS) is 16.1. The summed E-state index contributed by atoms with van der Waals surface area (Å²) in [6, 6.07) is 7.00. The fourth-order valence-corrected chi connectivity index (χ4v) is 5.68. The molecule has 2 aliphatic rings. The molecule has 0 saturated carbocycles. The molecule has 0 bridgehead atoms. The predicted molar refractivity (Wildman–Crippen MR) is 135 cm³/mol. The molecular formula is C25H35N5O3S. The molecule has 2 heterocycles. The van der Waals surface area contributed by atoms with E-state index in [2.05, 4.69) is 26.8 Å². The number of rotatable bonds is 8. The van der Waals surface area contributed by atoms with Crippen molar-refractivity contribution in [2.45, 2.75) is 50.3 Å². The monoisotopic (exact) mass is 485 g/mol. The van der Waals surface area contributed by atoms with Crippen molar-refractivity contribution < 1.29 is 13.2 Å². The SMILES string of the molecule is CCCCN(C)C(=O)c1cc(NS(=O)(=O)c2ccc3c(c2)CCCC3)cnc1N1CCNCC1. The van der Waals surface area contributed by atoms with E-state index in [9.17, 15) is 13.2 Å². The van der Waals surface area contributed by atoms with E-state index in [4.69, 9.17) is 0 Å². The summed E-state index contributed by atoms with van der Waals surface area (Å²) in [7, 11) is -2.02. The minimum Gasteiger partial charge on any atom is -0.353 e. The molecule has 8 nitrogen and oxygen atoms in total. The number of aryl methyl sites for hydroxylation is 2. The highest BCUT2D eigenvalue weighted by molar-refractivity contribution is 7.92. The van der Waals surface area contributed by atoms with Crippen LogP contribution in [0.2, 0.25) is 0 Å². The zero-order valence-corrected chi connectivity index (χ0v) is 21.0.